The van der Waals surface area contributed by atoms with Crippen LogP contribution in [0.25, 0.3) is 0 Å². The maximum absolute atomic E-state index is 6.03. The SMILES string of the molecule is COc1cc(Br)ccc1Oc1ccccc1Cl. The predicted molar refractivity (Wildman–Crippen MR) is 72.2 cm³/mol. The van der Waals surface area contributed by atoms with Gasteiger partial charge in [-0.1, -0.05) is 39.7 Å². The zero-order valence-corrected chi connectivity index (χ0v) is 11.5. The number of ether oxygens (including phenoxy) is 2. The molecule has 2 nitrogen and oxygen atoms in total. The lowest BCUT2D eigenvalue weighted by Gasteiger charge is -2.11. The molecule has 0 fully saturated rings. The summed E-state index contributed by atoms with van der Waals surface area (Å²) in [5.41, 5.74) is 0. The van der Waals surface area contributed by atoms with E-state index >= 15 is 0 Å². The van der Waals surface area contributed by atoms with E-state index in [1.807, 2.05) is 36.4 Å². The fourth-order valence-corrected chi connectivity index (χ4v) is 1.89. The van der Waals surface area contributed by atoms with Gasteiger partial charge < -0.3 is 9.47 Å². The highest BCUT2D eigenvalue weighted by molar-refractivity contribution is 9.10. The van der Waals surface area contributed by atoms with Gasteiger partial charge in [0, 0.05) is 4.47 Å². The monoisotopic (exact) mass is 312 g/mol. The van der Waals surface area contributed by atoms with Crippen molar-refractivity contribution in [2.24, 2.45) is 0 Å². The molecule has 0 unspecified atom stereocenters. The minimum absolute atomic E-state index is 0.567. The molecule has 0 saturated heterocycles. The molecule has 0 aliphatic heterocycles. The highest BCUT2D eigenvalue weighted by Gasteiger charge is 2.08. The van der Waals surface area contributed by atoms with E-state index in [0.717, 1.165) is 4.47 Å². The molecule has 0 saturated carbocycles. The molecule has 2 aromatic rings. The topological polar surface area (TPSA) is 18.5 Å². The second-order valence-corrected chi connectivity index (χ2v) is 4.65. The Bertz CT molecular complexity index is 529. The number of hydrogen-bond acceptors (Lipinski definition) is 2. The van der Waals surface area contributed by atoms with E-state index in [9.17, 15) is 0 Å². The van der Waals surface area contributed by atoms with E-state index in [-0.39, 0.29) is 0 Å². The van der Waals surface area contributed by atoms with Crippen molar-refractivity contribution >= 4 is 27.5 Å². The van der Waals surface area contributed by atoms with Crippen LogP contribution < -0.4 is 9.47 Å². The first-order chi connectivity index (χ1) is 8.20. The van der Waals surface area contributed by atoms with Crippen molar-refractivity contribution in [3.63, 3.8) is 0 Å². The highest BCUT2D eigenvalue weighted by Crippen LogP contribution is 2.36. The standard InChI is InChI=1S/C13H10BrClO2/c1-16-13-8-9(14)6-7-12(13)17-11-5-3-2-4-10(11)15/h2-8H,1H3. The van der Waals surface area contributed by atoms with Crippen molar-refractivity contribution < 1.29 is 9.47 Å². The van der Waals surface area contributed by atoms with Crippen LogP contribution in [0.3, 0.4) is 0 Å². The van der Waals surface area contributed by atoms with Crippen LogP contribution in [-0.2, 0) is 0 Å². The number of benzene rings is 2. The van der Waals surface area contributed by atoms with Gasteiger partial charge in [0.2, 0.25) is 0 Å². The summed E-state index contributed by atoms with van der Waals surface area (Å²) in [7, 11) is 1.60. The number of halogens is 2. The van der Waals surface area contributed by atoms with Crippen LogP contribution in [0, 0.1) is 0 Å². The van der Waals surface area contributed by atoms with Crippen LogP contribution in [0.1, 0.15) is 0 Å². The zero-order chi connectivity index (χ0) is 12.3. The summed E-state index contributed by atoms with van der Waals surface area (Å²) in [6.45, 7) is 0. The van der Waals surface area contributed by atoms with Crippen molar-refractivity contribution in [2.45, 2.75) is 0 Å². The third-order valence-electron chi connectivity index (χ3n) is 2.18. The van der Waals surface area contributed by atoms with E-state index in [1.54, 1.807) is 13.2 Å². The fraction of sp³-hybridized carbons (Fsp3) is 0.0769. The highest BCUT2D eigenvalue weighted by atomic mass is 79.9. The van der Waals surface area contributed by atoms with E-state index in [2.05, 4.69) is 15.9 Å². The molecule has 0 spiro atoms. The second kappa shape index (κ2) is 5.43. The van der Waals surface area contributed by atoms with Crippen LogP contribution in [0.15, 0.2) is 46.9 Å². The molecule has 0 radical (unpaired) electrons. The van der Waals surface area contributed by atoms with Crippen molar-refractivity contribution in [3.8, 4) is 17.2 Å². The van der Waals surface area contributed by atoms with Gasteiger partial charge in [0.1, 0.15) is 5.75 Å². The molecule has 0 heterocycles. The maximum Gasteiger partial charge on any atom is 0.169 e. The Balaban J connectivity index is 2.33. The second-order valence-electron chi connectivity index (χ2n) is 3.33. The first-order valence-electron chi connectivity index (χ1n) is 4.96. The molecule has 0 bridgehead atoms. The quantitative estimate of drug-likeness (QED) is 0.802. The largest absolute Gasteiger partial charge is 0.493 e. The first-order valence-corrected chi connectivity index (χ1v) is 6.13. The van der Waals surface area contributed by atoms with E-state index in [1.165, 1.54) is 0 Å². The van der Waals surface area contributed by atoms with Gasteiger partial charge in [-0.3, -0.25) is 0 Å². The Labute approximate surface area is 113 Å². The molecule has 88 valence electrons. The summed E-state index contributed by atoms with van der Waals surface area (Å²) in [6, 6.07) is 12.9. The number of hydrogen-bond donors (Lipinski definition) is 0. The number of para-hydroxylation sites is 1. The van der Waals surface area contributed by atoms with Gasteiger partial charge in [0.25, 0.3) is 0 Å². The van der Waals surface area contributed by atoms with Gasteiger partial charge >= 0.3 is 0 Å². The van der Waals surface area contributed by atoms with Gasteiger partial charge in [0.05, 0.1) is 12.1 Å². The molecule has 0 amide bonds. The lowest BCUT2D eigenvalue weighted by atomic mass is 10.3. The third kappa shape index (κ3) is 2.93. The number of rotatable bonds is 3. The Hall–Kier alpha value is -1.19. The summed E-state index contributed by atoms with van der Waals surface area (Å²) in [5.74, 6) is 1.89. The van der Waals surface area contributed by atoms with Gasteiger partial charge in [0.15, 0.2) is 11.5 Å². The smallest absolute Gasteiger partial charge is 0.169 e. The zero-order valence-electron chi connectivity index (χ0n) is 9.11. The average Bonchev–Trinajstić information content (AvgIpc) is 2.34. The Morgan fingerprint density at radius 3 is 2.47 bits per heavy atom. The predicted octanol–water partition coefficient (Wildman–Crippen LogP) is 4.90. The Morgan fingerprint density at radius 2 is 1.76 bits per heavy atom. The van der Waals surface area contributed by atoms with E-state index in [0.29, 0.717) is 22.3 Å². The minimum atomic E-state index is 0.567. The van der Waals surface area contributed by atoms with Gasteiger partial charge in [-0.25, -0.2) is 0 Å². The molecule has 0 atom stereocenters. The van der Waals surface area contributed by atoms with Crippen LogP contribution in [-0.4, -0.2) is 7.11 Å². The molecule has 0 aliphatic carbocycles. The van der Waals surface area contributed by atoms with Crippen LogP contribution in [0.4, 0.5) is 0 Å². The lowest BCUT2D eigenvalue weighted by molar-refractivity contribution is 0.378. The fourth-order valence-electron chi connectivity index (χ4n) is 1.37. The molecule has 4 heteroatoms. The van der Waals surface area contributed by atoms with Gasteiger partial charge in [-0.15, -0.1) is 0 Å². The Kier molecular flexibility index (Phi) is 3.92. The average molecular weight is 314 g/mol. The van der Waals surface area contributed by atoms with Crippen molar-refractivity contribution in [2.75, 3.05) is 7.11 Å². The summed E-state index contributed by atoms with van der Waals surface area (Å²) < 4.78 is 11.9. The van der Waals surface area contributed by atoms with Crippen molar-refractivity contribution in [1.82, 2.24) is 0 Å². The molecule has 2 rings (SSSR count). The summed E-state index contributed by atoms with van der Waals surface area (Å²) in [4.78, 5) is 0. The molecule has 17 heavy (non-hydrogen) atoms. The number of methoxy groups -OCH3 is 1. The van der Waals surface area contributed by atoms with Crippen LogP contribution in [0.2, 0.25) is 5.02 Å². The van der Waals surface area contributed by atoms with E-state index < -0.39 is 0 Å². The molecule has 2 aromatic carbocycles. The molecule has 0 N–H and O–H groups in total. The molecule has 0 aliphatic rings. The Morgan fingerprint density at radius 1 is 1.00 bits per heavy atom. The van der Waals surface area contributed by atoms with E-state index in [4.69, 9.17) is 21.1 Å². The van der Waals surface area contributed by atoms with Gasteiger partial charge in [-0.05, 0) is 30.3 Å². The summed E-state index contributed by atoms with van der Waals surface area (Å²) in [5, 5.41) is 0.567. The third-order valence-corrected chi connectivity index (χ3v) is 2.99. The lowest BCUT2D eigenvalue weighted by Crippen LogP contribution is -1.90. The van der Waals surface area contributed by atoms with Crippen LogP contribution in [0.5, 0.6) is 17.2 Å². The van der Waals surface area contributed by atoms with Gasteiger partial charge in [-0.2, -0.15) is 0 Å². The van der Waals surface area contributed by atoms with Crippen molar-refractivity contribution in [1.29, 1.82) is 0 Å². The normalized spacial score (nSPS) is 10.1. The van der Waals surface area contributed by atoms with Crippen molar-refractivity contribution in [3.05, 3.63) is 52.0 Å². The summed E-state index contributed by atoms with van der Waals surface area (Å²) >= 11 is 9.40. The minimum Gasteiger partial charge on any atom is -0.493 e. The molecule has 0 aromatic heterocycles. The maximum atomic E-state index is 6.03. The molecular formula is C13H10BrClO2. The van der Waals surface area contributed by atoms with Crippen LogP contribution >= 0.6 is 27.5 Å². The first kappa shape index (κ1) is 12.3. The molecular weight excluding hydrogens is 303 g/mol. The summed E-state index contributed by atoms with van der Waals surface area (Å²) in [6.07, 6.45) is 0.